The second kappa shape index (κ2) is 2.79. The molecule has 1 unspecified atom stereocenters. The van der Waals surface area contributed by atoms with Gasteiger partial charge in [-0.15, -0.1) is 11.8 Å². The fourth-order valence-electron chi connectivity index (χ4n) is 1.26. The number of benzene rings is 1. The largest absolute Gasteiger partial charge is 0.293 e. The third-order valence-electron chi connectivity index (χ3n) is 1.88. The number of fused-ring (bicyclic) bond motifs is 1. The molecule has 2 rings (SSSR count). The molecule has 1 aliphatic rings. The van der Waals surface area contributed by atoms with Gasteiger partial charge in [0.05, 0.1) is 5.25 Å². The van der Waals surface area contributed by atoms with Gasteiger partial charge in [-0.25, -0.2) is 0 Å². The first-order chi connectivity index (χ1) is 5.68. The number of ketones is 1. The predicted octanol–water partition coefficient (Wildman–Crippen LogP) is 3.02. The summed E-state index contributed by atoms with van der Waals surface area (Å²) in [6.07, 6.45) is 0. The summed E-state index contributed by atoms with van der Waals surface area (Å²) in [6.45, 7) is 1.92. The Morgan fingerprint density at radius 1 is 1.50 bits per heavy atom. The van der Waals surface area contributed by atoms with Crippen LogP contribution in [-0.4, -0.2) is 11.0 Å². The zero-order valence-electron chi connectivity index (χ0n) is 6.50. The topological polar surface area (TPSA) is 17.1 Å². The third kappa shape index (κ3) is 1.15. The van der Waals surface area contributed by atoms with Gasteiger partial charge in [-0.1, -0.05) is 11.6 Å². The van der Waals surface area contributed by atoms with Crippen LogP contribution >= 0.6 is 23.4 Å². The van der Waals surface area contributed by atoms with E-state index in [1.54, 1.807) is 17.8 Å². The highest BCUT2D eigenvalue weighted by Crippen LogP contribution is 2.37. The van der Waals surface area contributed by atoms with Crippen molar-refractivity contribution in [3.8, 4) is 0 Å². The molecule has 0 saturated carbocycles. The molecule has 0 radical (unpaired) electrons. The van der Waals surface area contributed by atoms with E-state index in [0.717, 1.165) is 10.5 Å². The summed E-state index contributed by atoms with van der Waals surface area (Å²) in [5.74, 6) is 0.192. The second-order valence-corrected chi connectivity index (χ2v) is 4.58. The van der Waals surface area contributed by atoms with Gasteiger partial charge in [0.15, 0.2) is 5.78 Å². The van der Waals surface area contributed by atoms with Crippen LogP contribution in [0.15, 0.2) is 23.1 Å². The first-order valence-corrected chi connectivity index (χ1v) is 4.94. The number of hydrogen-bond donors (Lipinski definition) is 0. The maximum absolute atomic E-state index is 11.5. The number of rotatable bonds is 0. The Bertz CT molecular complexity index is 348. The molecular weight excluding hydrogens is 192 g/mol. The van der Waals surface area contributed by atoms with Crippen LogP contribution in [0.3, 0.4) is 0 Å². The van der Waals surface area contributed by atoms with E-state index in [1.807, 2.05) is 19.1 Å². The average molecular weight is 199 g/mol. The van der Waals surface area contributed by atoms with E-state index in [9.17, 15) is 4.79 Å². The lowest BCUT2D eigenvalue weighted by Crippen LogP contribution is -2.05. The van der Waals surface area contributed by atoms with Crippen LogP contribution in [0.2, 0.25) is 5.02 Å². The maximum Gasteiger partial charge on any atom is 0.177 e. The lowest BCUT2D eigenvalue weighted by Gasteiger charge is -1.94. The maximum atomic E-state index is 11.5. The van der Waals surface area contributed by atoms with Gasteiger partial charge < -0.3 is 0 Å². The van der Waals surface area contributed by atoms with Gasteiger partial charge in [-0.05, 0) is 25.1 Å². The summed E-state index contributed by atoms with van der Waals surface area (Å²) in [4.78, 5) is 12.5. The fourth-order valence-corrected chi connectivity index (χ4v) is 2.48. The summed E-state index contributed by atoms with van der Waals surface area (Å²) >= 11 is 7.37. The van der Waals surface area contributed by atoms with Crippen molar-refractivity contribution in [2.24, 2.45) is 0 Å². The first-order valence-electron chi connectivity index (χ1n) is 3.69. The highest BCUT2D eigenvalue weighted by molar-refractivity contribution is 8.01. The second-order valence-electron chi connectivity index (χ2n) is 2.76. The summed E-state index contributed by atoms with van der Waals surface area (Å²) in [5.41, 5.74) is 0.778. The molecule has 1 aromatic carbocycles. The fraction of sp³-hybridized carbons (Fsp3) is 0.222. The van der Waals surface area contributed by atoms with Crippen LogP contribution < -0.4 is 0 Å². The Morgan fingerprint density at radius 2 is 2.25 bits per heavy atom. The van der Waals surface area contributed by atoms with E-state index in [4.69, 9.17) is 11.6 Å². The number of Topliss-reactive ketones (excluding diaryl/α,β-unsaturated/α-hetero) is 1. The molecule has 62 valence electrons. The van der Waals surface area contributed by atoms with E-state index in [0.29, 0.717) is 5.02 Å². The van der Waals surface area contributed by atoms with Gasteiger partial charge >= 0.3 is 0 Å². The van der Waals surface area contributed by atoms with Gasteiger partial charge in [0.25, 0.3) is 0 Å². The van der Waals surface area contributed by atoms with Crippen LogP contribution in [0, 0.1) is 0 Å². The van der Waals surface area contributed by atoms with Gasteiger partial charge in [0, 0.05) is 15.5 Å². The van der Waals surface area contributed by atoms with E-state index >= 15 is 0 Å². The molecule has 0 fully saturated rings. The Morgan fingerprint density at radius 3 is 3.00 bits per heavy atom. The molecule has 0 spiro atoms. The molecule has 0 aliphatic carbocycles. The molecule has 0 N–H and O–H groups in total. The molecule has 1 aromatic rings. The summed E-state index contributed by atoms with van der Waals surface area (Å²) in [6, 6.07) is 5.47. The highest BCUT2D eigenvalue weighted by atomic mass is 35.5. The molecule has 0 saturated heterocycles. The van der Waals surface area contributed by atoms with Crippen molar-refractivity contribution in [2.75, 3.05) is 0 Å². The molecule has 1 atom stereocenters. The van der Waals surface area contributed by atoms with Crippen molar-refractivity contribution < 1.29 is 4.79 Å². The molecular formula is C9H7ClOS. The van der Waals surface area contributed by atoms with Crippen LogP contribution in [0.1, 0.15) is 17.3 Å². The van der Waals surface area contributed by atoms with Gasteiger partial charge in [0.2, 0.25) is 0 Å². The van der Waals surface area contributed by atoms with Crippen molar-refractivity contribution in [2.45, 2.75) is 17.1 Å². The monoisotopic (exact) mass is 198 g/mol. The van der Waals surface area contributed by atoms with Crippen molar-refractivity contribution >= 4 is 29.1 Å². The smallest absolute Gasteiger partial charge is 0.177 e. The lowest BCUT2D eigenvalue weighted by atomic mass is 10.1. The third-order valence-corrected chi connectivity index (χ3v) is 3.29. The minimum absolute atomic E-state index is 0.0541. The Kier molecular flexibility index (Phi) is 1.89. The predicted molar refractivity (Wildman–Crippen MR) is 51.1 cm³/mol. The summed E-state index contributed by atoms with van der Waals surface area (Å²) in [7, 11) is 0. The summed E-state index contributed by atoms with van der Waals surface area (Å²) < 4.78 is 0. The van der Waals surface area contributed by atoms with Crippen LogP contribution in [0.25, 0.3) is 0 Å². The van der Waals surface area contributed by atoms with E-state index in [2.05, 4.69) is 0 Å². The lowest BCUT2D eigenvalue weighted by molar-refractivity contribution is 0.0996. The average Bonchev–Trinajstić information content (AvgIpc) is 2.31. The van der Waals surface area contributed by atoms with Gasteiger partial charge in [-0.2, -0.15) is 0 Å². The molecule has 0 amide bonds. The van der Waals surface area contributed by atoms with E-state index in [-0.39, 0.29) is 11.0 Å². The van der Waals surface area contributed by atoms with Crippen LogP contribution in [0.4, 0.5) is 0 Å². The van der Waals surface area contributed by atoms with E-state index < -0.39 is 0 Å². The molecule has 1 aliphatic heterocycles. The van der Waals surface area contributed by atoms with Gasteiger partial charge in [0.1, 0.15) is 0 Å². The van der Waals surface area contributed by atoms with Crippen molar-refractivity contribution in [3.63, 3.8) is 0 Å². The van der Waals surface area contributed by atoms with Crippen LogP contribution in [0.5, 0.6) is 0 Å². The normalized spacial score (nSPS) is 21.2. The minimum atomic E-state index is 0.0541. The Hall–Kier alpha value is -0.470. The molecule has 1 nitrogen and oxygen atoms in total. The number of carbonyl (C=O) groups excluding carboxylic acids is 1. The highest BCUT2D eigenvalue weighted by Gasteiger charge is 2.27. The SMILES string of the molecule is CC1Sc2ccc(Cl)cc2C1=O. The molecule has 0 bridgehead atoms. The number of thioether (sulfide) groups is 1. The first kappa shape index (κ1) is 8.14. The minimum Gasteiger partial charge on any atom is -0.293 e. The van der Waals surface area contributed by atoms with Gasteiger partial charge in [-0.3, -0.25) is 4.79 Å². The number of carbonyl (C=O) groups is 1. The molecule has 0 aromatic heterocycles. The van der Waals surface area contributed by atoms with Crippen molar-refractivity contribution in [1.82, 2.24) is 0 Å². The van der Waals surface area contributed by atoms with Crippen molar-refractivity contribution in [1.29, 1.82) is 0 Å². The zero-order chi connectivity index (χ0) is 8.72. The number of halogens is 1. The standard InChI is InChI=1S/C9H7ClOS/c1-5-9(11)7-4-6(10)2-3-8(7)12-5/h2-5H,1H3. The quantitative estimate of drug-likeness (QED) is 0.638. The van der Waals surface area contributed by atoms with Crippen molar-refractivity contribution in [3.05, 3.63) is 28.8 Å². The van der Waals surface area contributed by atoms with Crippen LogP contribution in [-0.2, 0) is 0 Å². The Balaban J connectivity index is 2.56. The molecule has 3 heteroatoms. The summed E-state index contributed by atoms with van der Waals surface area (Å²) in [5, 5.41) is 0.690. The zero-order valence-corrected chi connectivity index (χ0v) is 8.08. The van der Waals surface area contributed by atoms with E-state index in [1.165, 1.54) is 0 Å². The molecule has 1 heterocycles. The number of hydrogen-bond acceptors (Lipinski definition) is 2. The Labute approximate surface area is 80.1 Å². The molecule has 12 heavy (non-hydrogen) atoms.